The Kier molecular flexibility index (Phi) is 6.51. The monoisotopic (exact) mass is 341 g/mol. The largest absolute Gasteiger partial charge is 0.478 e. The third-order valence-corrected chi connectivity index (χ3v) is 3.61. The lowest BCUT2D eigenvalue weighted by molar-refractivity contribution is -0.136. The Bertz CT molecular complexity index is 744. The number of pyridine rings is 1. The van der Waals surface area contributed by atoms with Crippen molar-refractivity contribution in [3.05, 3.63) is 53.7 Å². The van der Waals surface area contributed by atoms with Crippen LogP contribution in [-0.2, 0) is 16.1 Å². The van der Waals surface area contributed by atoms with Crippen molar-refractivity contribution < 1.29 is 14.3 Å². The lowest BCUT2D eigenvalue weighted by Gasteiger charge is -2.14. The molecule has 0 spiro atoms. The molecule has 0 aliphatic heterocycles. The molecule has 2 N–H and O–H groups in total. The number of amides is 2. The minimum absolute atomic E-state index is 0.168. The molecule has 6 nitrogen and oxygen atoms in total. The van der Waals surface area contributed by atoms with Crippen molar-refractivity contribution in [2.75, 3.05) is 11.9 Å². The van der Waals surface area contributed by atoms with Gasteiger partial charge in [-0.1, -0.05) is 38.1 Å². The fourth-order valence-electron chi connectivity index (χ4n) is 2.37. The lowest BCUT2D eigenvalue weighted by Crippen LogP contribution is -2.35. The molecule has 0 fully saturated rings. The van der Waals surface area contributed by atoms with Gasteiger partial charge >= 0.3 is 11.8 Å². The maximum absolute atomic E-state index is 12.1. The Labute approximate surface area is 147 Å². The summed E-state index contributed by atoms with van der Waals surface area (Å²) in [4.78, 5) is 28.4. The molecule has 25 heavy (non-hydrogen) atoms. The van der Waals surface area contributed by atoms with Gasteiger partial charge in [-0.05, 0) is 30.5 Å². The molecule has 1 heterocycles. The van der Waals surface area contributed by atoms with Gasteiger partial charge in [-0.2, -0.15) is 0 Å². The highest BCUT2D eigenvalue weighted by atomic mass is 16.5. The van der Waals surface area contributed by atoms with Crippen LogP contribution in [0.15, 0.2) is 42.6 Å². The summed E-state index contributed by atoms with van der Waals surface area (Å²) in [5, 5.41) is 5.27. The van der Waals surface area contributed by atoms with Gasteiger partial charge in [-0.25, -0.2) is 4.98 Å². The van der Waals surface area contributed by atoms with Crippen molar-refractivity contribution in [3.63, 3.8) is 0 Å². The van der Waals surface area contributed by atoms with Crippen molar-refractivity contribution in [1.29, 1.82) is 0 Å². The molecular formula is C19H23N3O3. The molecule has 0 radical (unpaired) electrons. The molecule has 1 aromatic carbocycles. The van der Waals surface area contributed by atoms with Crippen LogP contribution >= 0.6 is 0 Å². The van der Waals surface area contributed by atoms with E-state index < -0.39 is 11.8 Å². The number of hydrogen-bond donors (Lipinski definition) is 2. The molecule has 0 saturated heterocycles. The van der Waals surface area contributed by atoms with E-state index in [1.54, 1.807) is 24.4 Å². The Morgan fingerprint density at radius 3 is 2.60 bits per heavy atom. The average molecular weight is 341 g/mol. The zero-order valence-electron chi connectivity index (χ0n) is 14.7. The van der Waals surface area contributed by atoms with Crippen molar-refractivity contribution in [2.45, 2.75) is 33.2 Å². The van der Waals surface area contributed by atoms with E-state index in [0.29, 0.717) is 23.7 Å². The number of para-hydroxylation sites is 1. The van der Waals surface area contributed by atoms with E-state index in [4.69, 9.17) is 4.74 Å². The first-order valence-electron chi connectivity index (χ1n) is 8.27. The summed E-state index contributed by atoms with van der Waals surface area (Å²) >= 11 is 0. The third-order valence-electron chi connectivity index (χ3n) is 3.61. The average Bonchev–Trinajstić information content (AvgIpc) is 2.61. The molecule has 2 rings (SSSR count). The van der Waals surface area contributed by atoms with Crippen LogP contribution < -0.4 is 15.4 Å². The van der Waals surface area contributed by atoms with Crippen LogP contribution in [0.2, 0.25) is 0 Å². The van der Waals surface area contributed by atoms with Gasteiger partial charge in [0.1, 0.15) is 0 Å². The predicted molar refractivity (Wildman–Crippen MR) is 96.4 cm³/mol. The van der Waals surface area contributed by atoms with Crippen molar-refractivity contribution >= 4 is 17.5 Å². The van der Waals surface area contributed by atoms with Crippen LogP contribution in [-0.4, -0.2) is 23.4 Å². The molecular weight excluding hydrogens is 318 g/mol. The van der Waals surface area contributed by atoms with E-state index in [1.807, 2.05) is 39.0 Å². The highest BCUT2D eigenvalue weighted by molar-refractivity contribution is 6.39. The zero-order chi connectivity index (χ0) is 18.2. The number of carbonyl (C=O) groups excluding carboxylic acids is 2. The van der Waals surface area contributed by atoms with Crippen LogP contribution in [0.1, 0.15) is 37.8 Å². The number of benzene rings is 1. The molecule has 6 heteroatoms. The summed E-state index contributed by atoms with van der Waals surface area (Å²) in [5.74, 6) is -0.709. The Balaban J connectivity index is 1.99. The molecule has 2 amide bonds. The second-order valence-electron chi connectivity index (χ2n) is 5.78. The van der Waals surface area contributed by atoms with Gasteiger partial charge < -0.3 is 15.4 Å². The Hall–Kier alpha value is -2.89. The smallest absolute Gasteiger partial charge is 0.313 e. The Morgan fingerprint density at radius 1 is 1.12 bits per heavy atom. The Morgan fingerprint density at radius 2 is 1.88 bits per heavy atom. The number of rotatable bonds is 6. The molecule has 0 bridgehead atoms. The maximum Gasteiger partial charge on any atom is 0.313 e. The van der Waals surface area contributed by atoms with Gasteiger partial charge in [0.05, 0.1) is 6.61 Å². The van der Waals surface area contributed by atoms with E-state index >= 15 is 0 Å². The van der Waals surface area contributed by atoms with Crippen molar-refractivity contribution in [3.8, 4) is 5.88 Å². The fraction of sp³-hybridized carbons (Fsp3) is 0.316. The van der Waals surface area contributed by atoms with Gasteiger partial charge in [0.2, 0.25) is 5.88 Å². The van der Waals surface area contributed by atoms with E-state index in [1.165, 1.54) is 0 Å². The SMILES string of the molecule is CCOc1ncccc1CNC(=O)C(=O)Nc1ccccc1C(C)C. The molecule has 132 valence electrons. The molecule has 0 aliphatic carbocycles. The second-order valence-corrected chi connectivity index (χ2v) is 5.78. The predicted octanol–water partition coefficient (Wildman–Crippen LogP) is 2.86. The summed E-state index contributed by atoms with van der Waals surface area (Å²) in [7, 11) is 0. The summed E-state index contributed by atoms with van der Waals surface area (Å²) in [6.07, 6.45) is 1.62. The van der Waals surface area contributed by atoms with Gasteiger partial charge in [-0.15, -0.1) is 0 Å². The van der Waals surface area contributed by atoms with Gasteiger partial charge in [-0.3, -0.25) is 9.59 Å². The van der Waals surface area contributed by atoms with Crippen molar-refractivity contribution in [1.82, 2.24) is 10.3 Å². The maximum atomic E-state index is 12.1. The number of ether oxygens (including phenoxy) is 1. The molecule has 2 aromatic rings. The molecule has 0 atom stereocenters. The van der Waals surface area contributed by atoms with Crippen molar-refractivity contribution in [2.24, 2.45) is 0 Å². The first-order chi connectivity index (χ1) is 12.0. The standard InChI is InChI=1S/C19H23N3O3/c1-4-25-19-14(8-7-11-20-19)12-21-17(23)18(24)22-16-10-6-5-9-15(16)13(2)3/h5-11,13H,4,12H2,1-3H3,(H,21,23)(H,22,24). The summed E-state index contributed by atoms with van der Waals surface area (Å²) in [6.45, 7) is 6.56. The second kappa shape index (κ2) is 8.82. The van der Waals surface area contributed by atoms with Crippen LogP contribution in [0.4, 0.5) is 5.69 Å². The van der Waals surface area contributed by atoms with Gasteiger partial charge in [0.25, 0.3) is 0 Å². The van der Waals surface area contributed by atoms with Crippen LogP contribution in [0.5, 0.6) is 5.88 Å². The normalized spacial score (nSPS) is 10.4. The molecule has 0 unspecified atom stereocenters. The first kappa shape index (κ1) is 18.4. The highest BCUT2D eigenvalue weighted by Crippen LogP contribution is 2.23. The molecule has 0 saturated carbocycles. The number of nitrogens with zero attached hydrogens (tertiary/aromatic N) is 1. The van der Waals surface area contributed by atoms with E-state index in [2.05, 4.69) is 15.6 Å². The highest BCUT2D eigenvalue weighted by Gasteiger charge is 2.16. The number of aromatic nitrogens is 1. The molecule has 1 aromatic heterocycles. The van der Waals surface area contributed by atoms with Gasteiger partial charge in [0.15, 0.2) is 0 Å². The summed E-state index contributed by atoms with van der Waals surface area (Å²) in [5.41, 5.74) is 2.34. The number of anilines is 1. The van der Waals surface area contributed by atoms with E-state index in [0.717, 1.165) is 5.56 Å². The summed E-state index contributed by atoms with van der Waals surface area (Å²) in [6, 6.07) is 11.0. The first-order valence-corrected chi connectivity index (χ1v) is 8.27. The van der Waals surface area contributed by atoms with Crippen LogP contribution in [0.25, 0.3) is 0 Å². The minimum atomic E-state index is -0.704. The fourth-order valence-corrected chi connectivity index (χ4v) is 2.37. The quantitative estimate of drug-likeness (QED) is 0.792. The van der Waals surface area contributed by atoms with Crippen LogP contribution in [0, 0.1) is 0 Å². The van der Waals surface area contributed by atoms with E-state index in [-0.39, 0.29) is 12.5 Å². The molecule has 0 aliphatic rings. The van der Waals surface area contributed by atoms with E-state index in [9.17, 15) is 9.59 Å². The van der Waals surface area contributed by atoms with Gasteiger partial charge in [0, 0.05) is 24.0 Å². The number of hydrogen-bond acceptors (Lipinski definition) is 4. The lowest BCUT2D eigenvalue weighted by atomic mass is 10.0. The summed E-state index contributed by atoms with van der Waals surface area (Å²) < 4.78 is 5.40. The third kappa shape index (κ3) is 5.04. The minimum Gasteiger partial charge on any atom is -0.478 e. The number of nitrogens with one attached hydrogen (secondary N) is 2. The van der Waals surface area contributed by atoms with Crippen LogP contribution in [0.3, 0.4) is 0 Å². The zero-order valence-corrected chi connectivity index (χ0v) is 14.7. The number of carbonyl (C=O) groups is 2. The topological polar surface area (TPSA) is 80.3 Å².